The SMILES string of the molecule is CCNC(=NCCS(=O)(=O)CC)N1CCN(c2ccc(F)cc2)CC1.I. The molecule has 1 fully saturated rings. The molecule has 0 bridgehead atoms. The molecule has 148 valence electrons. The van der Waals surface area contributed by atoms with Crippen LogP contribution in [0, 0.1) is 5.82 Å². The summed E-state index contributed by atoms with van der Waals surface area (Å²) in [5.41, 5.74) is 1.01. The predicted molar refractivity (Wildman–Crippen MR) is 116 cm³/mol. The highest BCUT2D eigenvalue weighted by atomic mass is 127. The molecule has 0 aromatic heterocycles. The molecule has 26 heavy (non-hydrogen) atoms. The fraction of sp³-hybridized carbons (Fsp3) is 0.588. The van der Waals surface area contributed by atoms with Crippen molar-refractivity contribution in [2.75, 3.05) is 55.7 Å². The van der Waals surface area contributed by atoms with Gasteiger partial charge < -0.3 is 15.1 Å². The molecule has 1 aliphatic rings. The van der Waals surface area contributed by atoms with Crippen molar-refractivity contribution in [3.05, 3.63) is 30.1 Å². The molecule has 0 aliphatic carbocycles. The maximum atomic E-state index is 13.0. The number of piperazine rings is 1. The Kier molecular flexibility index (Phi) is 9.62. The third-order valence-electron chi connectivity index (χ3n) is 4.21. The quantitative estimate of drug-likeness (QED) is 0.369. The Bertz CT molecular complexity index is 675. The Morgan fingerprint density at radius 3 is 2.31 bits per heavy atom. The number of nitrogens with one attached hydrogen (secondary N) is 1. The van der Waals surface area contributed by atoms with Gasteiger partial charge in [-0.05, 0) is 31.2 Å². The molecule has 1 aromatic carbocycles. The van der Waals surface area contributed by atoms with Crippen molar-refractivity contribution in [3.8, 4) is 0 Å². The summed E-state index contributed by atoms with van der Waals surface area (Å²) in [6, 6.07) is 6.53. The van der Waals surface area contributed by atoms with Crippen LogP contribution in [0.3, 0.4) is 0 Å². The zero-order valence-corrected chi connectivity index (χ0v) is 18.5. The van der Waals surface area contributed by atoms with Gasteiger partial charge >= 0.3 is 0 Å². The summed E-state index contributed by atoms with van der Waals surface area (Å²) >= 11 is 0. The highest BCUT2D eigenvalue weighted by molar-refractivity contribution is 14.0. The Morgan fingerprint density at radius 1 is 1.15 bits per heavy atom. The van der Waals surface area contributed by atoms with Crippen LogP contribution in [-0.2, 0) is 9.84 Å². The summed E-state index contributed by atoms with van der Waals surface area (Å²) in [5, 5.41) is 3.23. The Hall–Kier alpha value is -1.10. The third-order valence-corrected chi connectivity index (χ3v) is 5.89. The van der Waals surface area contributed by atoms with E-state index in [0.29, 0.717) is 0 Å². The van der Waals surface area contributed by atoms with Crippen LogP contribution in [0.2, 0.25) is 0 Å². The van der Waals surface area contributed by atoms with Gasteiger partial charge in [-0.1, -0.05) is 6.92 Å². The highest BCUT2D eigenvalue weighted by Gasteiger charge is 2.20. The second kappa shape index (κ2) is 10.9. The highest BCUT2D eigenvalue weighted by Crippen LogP contribution is 2.16. The Balaban J connectivity index is 0.00000338. The van der Waals surface area contributed by atoms with Gasteiger partial charge in [-0.25, -0.2) is 12.8 Å². The van der Waals surface area contributed by atoms with E-state index in [-0.39, 0.29) is 47.8 Å². The zero-order valence-electron chi connectivity index (χ0n) is 15.3. The first-order valence-electron chi connectivity index (χ1n) is 8.69. The maximum absolute atomic E-state index is 13.0. The number of sulfone groups is 1. The molecule has 0 radical (unpaired) electrons. The Labute approximate surface area is 172 Å². The van der Waals surface area contributed by atoms with Gasteiger partial charge in [0.2, 0.25) is 0 Å². The smallest absolute Gasteiger partial charge is 0.194 e. The fourth-order valence-corrected chi connectivity index (χ4v) is 3.35. The molecule has 0 unspecified atom stereocenters. The number of hydrogen-bond acceptors (Lipinski definition) is 4. The lowest BCUT2D eigenvalue weighted by Gasteiger charge is -2.37. The van der Waals surface area contributed by atoms with Crippen LogP contribution in [-0.4, -0.2) is 70.1 Å². The molecule has 1 N–H and O–H groups in total. The van der Waals surface area contributed by atoms with Crippen molar-refractivity contribution in [2.24, 2.45) is 4.99 Å². The number of nitrogens with zero attached hydrogens (tertiary/aromatic N) is 3. The van der Waals surface area contributed by atoms with Gasteiger partial charge in [0.15, 0.2) is 15.8 Å². The molecule has 1 aromatic rings. The third kappa shape index (κ3) is 6.90. The number of guanidine groups is 1. The van der Waals surface area contributed by atoms with Crippen LogP contribution >= 0.6 is 24.0 Å². The molecule has 0 spiro atoms. The van der Waals surface area contributed by atoms with E-state index in [9.17, 15) is 12.8 Å². The van der Waals surface area contributed by atoms with Crippen molar-refractivity contribution in [1.82, 2.24) is 10.2 Å². The predicted octanol–water partition coefficient (Wildman–Crippen LogP) is 1.97. The van der Waals surface area contributed by atoms with Crippen molar-refractivity contribution in [2.45, 2.75) is 13.8 Å². The number of aliphatic imine (C=N–C) groups is 1. The van der Waals surface area contributed by atoms with Gasteiger partial charge in [0.05, 0.1) is 12.3 Å². The molecule has 1 saturated heterocycles. The first kappa shape index (κ1) is 22.9. The monoisotopic (exact) mass is 498 g/mol. The molecule has 6 nitrogen and oxygen atoms in total. The van der Waals surface area contributed by atoms with Crippen LogP contribution in [0.1, 0.15) is 13.8 Å². The zero-order chi connectivity index (χ0) is 18.3. The minimum absolute atomic E-state index is 0. The standard InChI is InChI=1S/C17H27FN4O2S.HI/c1-3-19-17(20-9-14-25(23,24)4-2)22-12-10-21(11-13-22)16-7-5-15(18)6-8-16;/h5-8H,3-4,9-14H2,1-2H3,(H,19,20);1H. The van der Waals surface area contributed by atoms with E-state index in [2.05, 4.69) is 20.1 Å². The molecule has 1 aliphatic heterocycles. The fourth-order valence-electron chi connectivity index (χ4n) is 2.69. The maximum Gasteiger partial charge on any atom is 0.194 e. The van der Waals surface area contributed by atoms with E-state index in [1.807, 2.05) is 6.92 Å². The van der Waals surface area contributed by atoms with E-state index in [4.69, 9.17) is 0 Å². The van der Waals surface area contributed by atoms with Gasteiger partial charge in [-0.15, -0.1) is 24.0 Å². The minimum Gasteiger partial charge on any atom is -0.368 e. The molecule has 9 heteroatoms. The van der Waals surface area contributed by atoms with Gasteiger partial charge in [0.1, 0.15) is 5.82 Å². The molecule has 0 amide bonds. The second-order valence-corrected chi connectivity index (χ2v) is 8.40. The van der Waals surface area contributed by atoms with Gasteiger partial charge in [-0.2, -0.15) is 0 Å². The van der Waals surface area contributed by atoms with Gasteiger partial charge in [0, 0.05) is 44.2 Å². The van der Waals surface area contributed by atoms with E-state index >= 15 is 0 Å². The van der Waals surface area contributed by atoms with Crippen molar-refractivity contribution in [3.63, 3.8) is 0 Å². The lowest BCUT2D eigenvalue weighted by molar-refractivity contribution is 0.373. The van der Waals surface area contributed by atoms with Crippen molar-refractivity contribution < 1.29 is 12.8 Å². The average Bonchev–Trinajstić information content (AvgIpc) is 2.62. The first-order valence-corrected chi connectivity index (χ1v) is 10.5. The number of benzene rings is 1. The van der Waals surface area contributed by atoms with Crippen LogP contribution in [0.5, 0.6) is 0 Å². The first-order chi connectivity index (χ1) is 11.9. The lowest BCUT2D eigenvalue weighted by Crippen LogP contribution is -2.52. The number of anilines is 1. The number of halogens is 2. The van der Waals surface area contributed by atoms with E-state index in [1.165, 1.54) is 12.1 Å². The minimum atomic E-state index is -3.00. The van der Waals surface area contributed by atoms with E-state index in [0.717, 1.165) is 44.4 Å². The largest absolute Gasteiger partial charge is 0.368 e. The van der Waals surface area contributed by atoms with Crippen molar-refractivity contribution in [1.29, 1.82) is 0 Å². The summed E-state index contributed by atoms with van der Waals surface area (Å²) in [6.07, 6.45) is 0. The van der Waals surface area contributed by atoms with E-state index < -0.39 is 9.84 Å². The number of hydrogen-bond donors (Lipinski definition) is 1. The van der Waals surface area contributed by atoms with Crippen LogP contribution in [0.4, 0.5) is 10.1 Å². The second-order valence-electron chi connectivity index (χ2n) is 5.92. The van der Waals surface area contributed by atoms with Gasteiger partial charge in [0.25, 0.3) is 0 Å². The summed E-state index contributed by atoms with van der Waals surface area (Å²) in [4.78, 5) is 8.81. The normalized spacial score (nSPS) is 15.6. The molecular weight excluding hydrogens is 470 g/mol. The van der Waals surface area contributed by atoms with Crippen LogP contribution < -0.4 is 10.2 Å². The van der Waals surface area contributed by atoms with E-state index in [1.54, 1.807) is 19.1 Å². The molecule has 2 rings (SSSR count). The molecule has 0 atom stereocenters. The number of rotatable bonds is 6. The summed E-state index contributed by atoms with van der Waals surface area (Å²) in [6.45, 7) is 7.83. The van der Waals surface area contributed by atoms with Crippen LogP contribution in [0.15, 0.2) is 29.3 Å². The molecular formula is C17H28FIN4O2S. The summed E-state index contributed by atoms with van der Waals surface area (Å²) < 4.78 is 36.2. The molecule has 0 saturated carbocycles. The Morgan fingerprint density at radius 2 is 1.77 bits per heavy atom. The molecule has 1 heterocycles. The van der Waals surface area contributed by atoms with Gasteiger partial charge in [-0.3, -0.25) is 4.99 Å². The lowest BCUT2D eigenvalue weighted by atomic mass is 10.2. The summed E-state index contributed by atoms with van der Waals surface area (Å²) in [7, 11) is -3.00. The average molecular weight is 498 g/mol. The van der Waals surface area contributed by atoms with Crippen LogP contribution in [0.25, 0.3) is 0 Å². The summed E-state index contributed by atoms with van der Waals surface area (Å²) in [5.74, 6) is 0.752. The topological polar surface area (TPSA) is 65.0 Å². The van der Waals surface area contributed by atoms with Crippen molar-refractivity contribution >= 4 is 45.5 Å².